The first-order chi connectivity index (χ1) is 6.74. The number of rotatable bonds is 6. The highest BCUT2D eigenvalue weighted by Gasteiger charge is 2.21. The first kappa shape index (κ1) is 17.5. The minimum absolute atomic E-state index is 0. The number of quaternary nitrogens is 1. The minimum Gasteiger partial charge on any atom is -0.550 e. The fraction of sp³-hybridized carbons (Fsp3) is 0.778. The van der Waals surface area contributed by atoms with Crippen LogP contribution in [0.4, 0.5) is 0 Å². The summed E-state index contributed by atoms with van der Waals surface area (Å²) in [4.78, 5) is 21.3. The molecule has 0 aromatic rings. The van der Waals surface area contributed by atoms with Crippen LogP contribution < -0.4 is 10.8 Å². The molecule has 2 N–H and O–H groups in total. The molecule has 6 nitrogen and oxygen atoms in total. The van der Waals surface area contributed by atoms with E-state index in [0.29, 0.717) is 11.0 Å². The summed E-state index contributed by atoms with van der Waals surface area (Å²) in [5.74, 6) is -1.84. The third kappa shape index (κ3) is 9.70. The third-order valence-corrected chi connectivity index (χ3v) is 1.61. The highest BCUT2D eigenvalue weighted by atomic mass is 35.5. The molecule has 0 bridgehead atoms. The quantitative estimate of drug-likeness (QED) is 0.443. The van der Waals surface area contributed by atoms with E-state index in [1.807, 2.05) is 21.1 Å². The second kappa shape index (κ2) is 7.43. The van der Waals surface area contributed by atoms with Crippen LogP contribution in [0.15, 0.2) is 0 Å². The number of nitrogens with zero attached hydrogens (tertiary/aromatic N) is 1. The molecule has 0 aromatic heterocycles. The van der Waals surface area contributed by atoms with Crippen LogP contribution in [0.1, 0.15) is 6.42 Å². The number of hydrogen-bond donors (Lipinski definition) is 1. The standard InChI is InChI=1S/C9H18N2O4.ClH/c1-11(2,3)6-7(4-8(12)13)15-9(14)5-10;/h7H,4-6,10H2,1-3H3;1H/t7-;/m1./s1. The number of aliphatic carboxylic acids is 1. The van der Waals surface area contributed by atoms with Gasteiger partial charge in [-0.2, -0.15) is 0 Å². The number of hydrogen-bond acceptors (Lipinski definition) is 5. The number of ether oxygens (including phenoxy) is 1. The van der Waals surface area contributed by atoms with Crippen LogP contribution in [0.5, 0.6) is 0 Å². The van der Waals surface area contributed by atoms with Gasteiger partial charge in [0, 0.05) is 12.4 Å². The second-order valence-corrected chi connectivity index (χ2v) is 4.37. The van der Waals surface area contributed by atoms with Gasteiger partial charge in [-0.15, -0.1) is 12.4 Å². The summed E-state index contributed by atoms with van der Waals surface area (Å²) >= 11 is 0. The van der Waals surface area contributed by atoms with Gasteiger partial charge in [0.15, 0.2) is 6.10 Å². The smallest absolute Gasteiger partial charge is 0.320 e. The molecule has 16 heavy (non-hydrogen) atoms. The van der Waals surface area contributed by atoms with Crippen molar-refractivity contribution in [2.24, 2.45) is 5.73 Å². The van der Waals surface area contributed by atoms with Crippen LogP contribution in [0.25, 0.3) is 0 Å². The highest BCUT2D eigenvalue weighted by molar-refractivity contribution is 5.85. The van der Waals surface area contributed by atoms with Crippen molar-refractivity contribution in [3.63, 3.8) is 0 Å². The van der Waals surface area contributed by atoms with Gasteiger partial charge in [-0.3, -0.25) is 4.79 Å². The molecule has 0 aliphatic carbocycles. The molecular weight excluding hydrogens is 236 g/mol. The summed E-state index contributed by atoms with van der Waals surface area (Å²) in [6, 6.07) is 0. The van der Waals surface area contributed by atoms with Crippen LogP contribution in [0.2, 0.25) is 0 Å². The van der Waals surface area contributed by atoms with Crippen molar-refractivity contribution in [1.82, 2.24) is 0 Å². The first-order valence-electron chi connectivity index (χ1n) is 4.64. The van der Waals surface area contributed by atoms with Gasteiger partial charge in [-0.1, -0.05) is 0 Å². The zero-order chi connectivity index (χ0) is 12.1. The molecule has 0 aliphatic rings. The molecule has 0 radical (unpaired) electrons. The number of carbonyl (C=O) groups excluding carboxylic acids is 2. The summed E-state index contributed by atoms with van der Waals surface area (Å²) in [6.07, 6.45) is -0.993. The zero-order valence-electron chi connectivity index (χ0n) is 9.76. The summed E-state index contributed by atoms with van der Waals surface area (Å²) in [5, 5.41) is 10.4. The van der Waals surface area contributed by atoms with Gasteiger partial charge in [0.2, 0.25) is 0 Å². The van der Waals surface area contributed by atoms with Crippen LogP contribution in [-0.4, -0.2) is 56.8 Å². The van der Waals surface area contributed by atoms with Crippen molar-refractivity contribution < 1.29 is 23.9 Å². The Morgan fingerprint density at radius 2 is 1.88 bits per heavy atom. The Hall–Kier alpha value is -0.850. The Kier molecular flexibility index (Phi) is 8.14. The predicted molar refractivity (Wildman–Crippen MR) is 58.7 cm³/mol. The van der Waals surface area contributed by atoms with Gasteiger partial charge >= 0.3 is 5.97 Å². The third-order valence-electron chi connectivity index (χ3n) is 1.61. The highest BCUT2D eigenvalue weighted by Crippen LogP contribution is 2.04. The predicted octanol–water partition coefficient (Wildman–Crippen LogP) is -1.88. The van der Waals surface area contributed by atoms with E-state index in [1.54, 1.807) is 0 Å². The molecule has 7 heteroatoms. The van der Waals surface area contributed by atoms with Crippen LogP contribution in [0, 0.1) is 0 Å². The maximum Gasteiger partial charge on any atom is 0.320 e. The summed E-state index contributed by atoms with van der Waals surface area (Å²) in [5.41, 5.74) is 5.07. The number of carboxylic acid groups (broad SMARTS) is 1. The van der Waals surface area contributed by atoms with Crippen LogP contribution in [-0.2, 0) is 14.3 Å². The number of likely N-dealkylation sites (N-methyl/N-ethyl adjacent to an activating group) is 1. The molecular formula is C9H19ClN2O4. The molecule has 0 aromatic carbocycles. The number of nitrogens with two attached hydrogens (primary N) is 1. The van der Waals surface area contributed by atoms with Crippen molar-refractivity contribution in [3.05, 3.63) is 0 Å². The van der Waals surface area contributed by atoms with Crippen molar-refractivity contribution in [2.45, 2.75) is 12.5 Å². The van der Waals surface area contributed by atoms with Crippen LogP contribution in [0.3, 0.4) is 0 Å². The zero-order valence-corrected chi connectivity index (χ0v) is 10.6. The van der Waals surface area contributed by atoms with E-state index >= 15 is 0 Å². The molecule has 96 valence electrons. The van der Waals surface area contributed by atoms with Gasteiger partial charge < -0.3 is 24.9 Å². The Morgan fingerprint density at radius 1 is 1.38 bits per heavy atom. The maximum absolute atomic E-state index is 10.9. The van der Waals surface area contributed by atoms with Crippen LogP contribution >= 0.6 is 12.4 Å². The summed E-state index contributed by atoms with van der Waals surface area (Å²) < 4.78 is 5.38. The van der Waals surface area contributed by atoms with E-state index in [2.05, 4.69) is 0 Å². The molecule has 1 atom stereocenters. The monoisotopic (exact) mass is 254 g/mol. The summed E-state index contributed by atoms with van der Waals surface area (Å²) in [6.45, 7) is 0.153. The molecule has 0 saturated carbocycles. The van der Waals surface area contributed by atoms with E-state index < -0.39 is 18.0 Å². The van der Waals surface area contributed by atoms with Gasteiger partial charge in [0.05, 0.1) is 27.7 Å². The Bertz CT molecular complexity index is 240. The van der Waals surface area contributed by atoms with E-state index in [0.717, 1.165) is 0 Å². The van der Waals surface area contributed by atoms with E-state index in [9.17, 15) is 14.7 Å². The van der Waals surface area contributed by atoms with Crippen molar-refractivity contribution in [3.8, 4) is 0 Å². The van der Waals surface area contributed by atoms with Gasteiger partial charge in [-0.25, -0.2) is 0 Å². The lowest BCUT2D eigenvalue weighted by molar-refractivity contribution is -0.873. The fourth-order valence-electron chi connectivity index (χ4n) is 1.17. The lowest BCUT2D eigenvalue weighted by Gasteiger charge is -2.29. The van der Waals surface area contributed by atoms with Gasteiger partial charge in [-0.05, 0) is 0 Å². The van der Waals surface area contributed by atoms with Crippen molar-refractivity contribution in [2.75, 3.05) is 34.2 Å². The molecule has 0 heterocycles. The topological polar surface area (TPSA) is 92.5 Å². The maximum atomic E-state index is 10.9. The summed E-state index contributed by atoms with van der Waals surface area (Å²) in [7, 11) is 5.62. The largest absolute Gasteiger partial charge is 0.550 e. The fourth-order valence-corrected chi connectivity index (χ4v) is 1.17. The molecule has 0 saturated heterocycles. The minimum atomic E-state index is -1.24. The number of esters is 1. The van der Waals surface area contributed by atoms with Crippen molar-refractivity contribution in [1.29, 1.82) is 0 Å². The van der Waals surface area contributed by atoms with Crippen molar-refractivity contribution >= 4 is 24.3 Å². The SMILES string of the molecule is C[N+](C)(C)C[C@@H](CC(=O)[O-])OC(=O)CN.Cl. The Balaban J connectivity index is 0. The average molecular weight is 255 g/mol. The Labute approximate surface area is 101 Å². The molecule has 0 spiro atoms. The molecule has 0 rings (SSSR count). The molecule has 0 fully saturated rings. The normalized spacial score (nSPS) is 12.5. The number of carboxylic acids is 1. The lowest BCUT2D eigenvalue weighted by Crippen LogP contribution is -2.45. The number of halogens is 1. The van der Waals surface area contributed by atoms with E-state index in [1.165, 1.54) is 0 Å². The van der Waals surface area contributed by atoms with Gasteiger partial charge in [0.25, 0.3) is 0 Å². The second-order valence-electron chi connectivity index (χ2n) is 4.37. The first-order valence-corrected chi connectivity index (χ1v) is 4.64. The van der Waals surface area contributed by atoms with E-state index in [-0.39, 0.29) is 25.4 Å². The van der Waals surface area contributed by atoms with E-state index in [4.69, 9.17) is 10.5 Å². The molecule has 0 unspecified atom stereocenters. The average Bonchev–Trinajstić information content (AvgIpc) is 1.99. The molecule has 0 amide bonds. The number of carbonyl (C=O) groups is 2. The Morgan fingerprint density at radius 3 is 2.19 bits per heavy atom. The van der Waals surface area contributed by atoms with Gasteiger partial charge in [0.1, 0.15) is 6.54 Å². The lowest BCUT2D eigenvalue weighted by atomic mass is 10.2. The molecule has 0 aliphatic heterocycles.